The molecule has 0 spiro atoms. The van der Waals surface area contributed by atoms with Crippen molar-refractivity contribution >= 4 is 16.8 Å². The molecule has 5 nitrogen and oxygen atoms in total. The van der Waals surface area contributed by atoms with Crippen LogP contribution in [0.4, 0.5) is 13.2 Å². The number of hydrogen-bond acceptors (Lipinski definition) is 3. The van der Waals surface area contributed by atoms with Gasteiger partial charge in [0.1, 0.15) is 11.8 Å². The number of aromatic amines is 1. The molecule has 126 valence electrons. The number of ether oxygens (including phenoxy) is 1. The Morgan fingerprint density at radius 2 is 2.13 bits per heavy atom. The van der Waals surface area contributed by atoms with Gasteiger partial charge in [-0.2, -0.15) is 13.2 Å². The highest BCUT2D eigenvalue weighted by molar-refractivity contribution is 5.93. The first-order valence-corrected chi connectivity index (χ1v) is 7.15. The van der Waals surface area contributed by atoms with Gasteiger partial charge >= 0.3 is 6.18 Å². The van der Waals surface area contributed by atoms with Crippen molar-refractivity contribution in [1.29, 1.82) is 0 Å². The Bertz CT molecular complexity index is 682. The smallest absolute Gasteiger partial charge is 0.405 e. The van der Waals surface area contributed by atoms with Crippen molar-refractivity contribution in [3.63, 3.8) is 0 Å². The molecule has 0 radical (unpaired) electrons. The van der Waals surface area contributed by atoms with Crippen LogP contribution in [0.3, 0.4) is 0 Å². The van der Waals surface area contributed by atoms with E-state index in [1.54, 1.807) is 12.3 Å². The number of fused-ring (bicyclic) bond motifs is 1. The van der Waals surface area contributed by atoms with Crippen molar-refractivity contribution in [2.45, 2.75) is 32.5 Å². The Balaban J connectivity index is 2.08. The van der Waals surface area contributed by atoms with Gasteiger partial charge in [-0.05, 0) is 31.5 Å². The summed E-state index contributed by atoms with van der Waals surface area (Å²) in [5.74, 6) is 0.0685. The predicted octanol–water partition coefficient (Wildman–Crippen LogP) is 2.68. The molecule has 0 aliphatic heterocycles. The molecule has 2 aromatic rings. The molecule has 0 aliphatic carbocycles. The summed E-state index contributed by atoms with van der Waals surface area (Å²) in [6, 6.07) is 3.61. The Labute approximate surface area is 131 Å². The standard InChI is InChI=1S/C15H18F3N3O2/c1-3-23-12-6-4-5-11-14(12)10(8-19-11)7-13(22)21-20-9(2)15(16,17)18/h4-6,8-9,19-20H,3,7H2,1-2H3,(H,21,22). The fraction of sp³-hybridized carbons (Fsp3) is 0.400. The first-order chi connectivity index (χ1) is 10.8. The van der Waals surface area contributed by atoms with Gasteiger partial charge < -0.3 is 9.72 Å². The summed E-state index contributed by atoms with van der Waals surface area (Å²) in [6.07, 6.45) is -2.84. The molecule has 0 fully saturated rings. The number of nitrogens with one attached hydrogen (secondary N) is 3. The highest BCUT2D eigenvalue weighted by Crippen LogP contribution is 2.29. The number of hydrazine groups is 1. The van der Waals surface area contributed by atoms with Crippen molar-refractivity contribution < 1.29 is 22.7 Å². The van der Waals surface area contributed by atoms with Crippen LogP contribution in [0, 0.1) is 0 Å². The molecule has 0 aliphatic rings. The van der Waals surface area contributed by atoms with Crippen LogP contribution in [0.25, 0.3) is 10.9 Å². The van der Waals surface area contributed by atoms with Crippen LogP contribution in [-0.4, -0.2) is 29.7 Å². The van der Waals surface area contributed by atoms with E-state index in [2.05, 4.69) is 10.4 Å². The molecule has 0 bridgehead atoms. The van der Waals surface area contributed by atoms with Gasteiger partial charge in [0, 0.05) is 17.1 Å². The van der Waals surface area contributed by atoms with Gasteiger partial charge in [-0.25, -0.2) is 5.43 Å². The van der Waals surface area contributed by atoms with Crippen LogP contribution in [0.15, 0.2) is 24.4 Å². The van der Waals surface area contributed by atoms with E-state index in [4.69, 9.17) is 4.74 Å². The van der Waals surface area contributed by atoms with Crippen LogP contribution in [-0.2, 0) is 11.2 Å². The van der Waals surface area contributed by atoms with Crippen LogP contribution >= 0.6 is 0 Å². The number of rotatable bonds is 6. The molecule has 2 rings (SSSR count). The maximum absolute atomic E-state index is 12.4. The monoisotopic (exact) mass is 329 g/mol. The number of amides is 1. The number of carbonyl (C=O) groups is 1. The third-order valence-corrected chi connectivity index (χ3v) is 3.32. The van der Waals surface area contributed by atoms with E-state index in [1.165, 1.54) is 0 Å². The molecule has 1 amide bonds. The van der Waals surface area contributed by atoms with Crippen LogP contribution in [0.2, 0.25) is 0 Å². The lowest BCUT2D eigenvalue weighted by Crippen LogP contribution is -2.50. The summed E-state index contributed by atoms with van der Waals surface area (Å²) < 4.78 is 42.7. The number of alkyl halides is 3. The van der Waals surface area contributed by atoms with Crippen molar-refractivity contribution in [1.82, 2.24) is 15.8 Å². The minimum Gasteiger partial charge on any atom is -0.493 e. The lowest BCUT2D eigenvalue weighted by molar-refractivity contribution is -0.155. The molecule has 1 unspecified atom stereocenters. The summed E-state index contributed by atoms with van der Waals surface area (Å²) in [6.45, 7) is 3.25. The SMILES string of the molecule is CCOc1cccc2[nH]cc(CC(=O)NNC(C)C(F)(F)F)c12. The van der Waals surface area contributed by atoms with Gasteiger partial charge in [0.05, 0.1) is 13.0 Å². The quantitative estimate of drug-likeness (QED) is 0.714. The van der Waals surface area contributed by atoms with E-state index in [-0.39, 0.29) is 6.42 Å². The average Bonchev–Trinajstić information content (AvgIpc) is 2.88. The summed E-state index contributed by atoms with van der Waals surface area (Å²) in [4.78, 5) is 14.9. The molecule has 0 saturated carbocycles. The fourth-order valence-corrected chi connectivity index (χ4v) is 2.12. The normalized spacial score (nSPS) is 13.1. The number of carbonyl (C=O) groups excluding carboxylic acids is 1. The summed E-state index contributed by atoms with van der Waals surface area (Å²) in [5.41, 5.74) is 5.49. The zero-order valence-corrected chi connectivity index (χ0v) is 12.8. The molecule has 0 saturated heterocycles. The van der Waals surface area contributed by atoms with Gasteiger partial charge in [0.2, 0.25) is 5.91 Å². The van der Waals surface area contributed by atoms with E-state index < -0.39 is 18.1 Å². The summed E-state index contributed by atoms with van der Waals surface area (Å²) in [7, 11) is 0. The Hall–Kier alpha value is -2.22. The fourth-order valence-electron chi connectivity index (χ4n) is 2.12. The zero-order chi connectivity index (χ0) is 17.0. The number of benzene rings is 1. The number of aromatic nitrogens is 1. The molecular weight excluding hydrogens is 311 g/mol. The minimum absolute atomic E-state index is 0.0678. The predicted molar refractivity (Wildman–Crippen MR) is 80.0 cm³/mol. The second kappa shape index (κ2) is 6.91. The van der Waals surface area contributed by atoms with Crippen LogP contribution < -0.4 is 15.6 Å². The van der Waals surface area contributed by atoms with Gasteiger partial charge in [-0.3, -0.25) is 10.2 Å². The van der Waals surface area contributed by atoms with E-state index in [9.17, 15) is 18.0 Å². The topological polar surface area (TPSA) is 66.2 Å². The maximum atomic E-state index is 12.4. The van der Waals surface area contributed by atoms with Gasteiger partial charge in [-0.15, -0.1) is 0 Å². The van der Waals surface area contributed by atoms with E-state index in [0.29, 0.717) is 17.9 Å². The summed E-state index contributed by atoms with van der Waals surface area (Å²) in [5, 5.41) is 0.758. The van der Waals surface area contributed by atoms with Crippen molar-refractivity contribution in [3.05, 3.63) is 30.0 Å². The largest absolute Gasteiger partial charge is 0.493 e. The Morgan fingerprint density at radius 3 is 2.78 bits per heavy atom. The van der Waals surface area contributed by atoms with Gasteiger partial charge in [-0.1, -0.05) is 6.07 Å². The van der Waals surface area contributed by atoms with Crippen molar-refractivity contribution in [3.8, 4) is 5.75 Å². The third kappa shape index (κ3) is 4.16. The van der Waals surface area contributed by atoms with Crippen LogP contribution in [0.1, 0.15) is 19.4 Å². The minimum atomic E-state index is -4.42. The molecular formula is C15H18F3N3O2. The average molecular weight is 329 g/mol. The highest BCUT2D eigenvalue weighted by Gasteiger charge is 2.36. The molecule has 3 N–H and O–H groups in total. The van der Waals surface area contributed by atoms with Gasteiger partial charge in [0.15, 0.2) is 0 Å². The second-order valence-electron chi connectivity index (χ2n) is 5.06. The first kappa shape index (κ1) is 17.1. The number of halogens is 3. The highest BCUT2D eigenvalue weighted by atomic mass is 19.4. The second-order valence-corrected chi connectivity index (χ2v) is 5.06. The number of H-pyrrole nitrogens is 1. The lowest BCUT2D eigenvalue weighted by Gasteiger charge is -2.17. The Morgan fingerprint density at radius 1 is 1.39 bits per heavy atom. The first-order valence-electron chi connectivity index (χ1n) is 7.15. The molecule has 23 heavy (non-hydrogen) atoms. The number of hydrogen-bond donors (Lipinski definition) is 3. The summed E-state index contributed by atoms with van der Waals surface area (Å²) >= 11 is 0. The molecule has 1 aromatic heterocycles. The molecule has 8 heteroatoms. The van der Waals surface area contributed by atoms with E-state index >= 15 is 0 Å². The molecule has 1 aromatic carbocycles. The van der Waals surface area contributed by atoms with E-state index in [1.807, 2.05) is 24.5 Å². The molecule has 1 atom stereocenters. The van der Waals surface area contributed by atoms with Crippen molar-refractivity contribution in [2.24, 2.45) is 0 Å². The van der Waals surface area contributed by atoms with E-state index in [0.717, 1.165) is 17.8 Å². The van der Waals surface area contributed by atoms with Crippen molar-refractivity contribution in [2.75, 3.05) is 6.61 Å². The zero-order valence-electron chi connectivity index (χ0n) is 12.8. The molecule has 1 heterocycles. The van der Waals surface area contributed by atoms with Crippen LogP contribution in [0.5, 0.6) is 5.75 Å². The Kier molecular flexibility index (Phi) is 5.15. The van der Waals surface area contributed by atoms with Gasteiger partial charge in [0.25, 0.3) is 0 Å². The maximum Gasteiger partial charge on any atom is 0.405 e. The third-order valence-electron chi connectivity index (χ3n) is 3.32. The lowest BCUT2D eigenvalue weighted by atomic mass is 10.1.